The standard InChI is InChI=1S/C15H12BrF2NO/c1-8-3-13(4-9(2)14(8)16)19-15(20)10-5-11(17)7-12(18)6-10/h3-7H,1-2H3,(H,19,20). The molecule has 2 nitrogen and oxygen atoms in total. The maximum Gasteiger partial charge on any atom is 0.255 e. The number of carbonyl (C=O) groups excluding carboxylic acids is 1. The Morgan fingerprint density at radius 2 is 1.50 bits per heavy atom. The van der Waals surface area contributed by atoms with Gasteiger partial charge in [-0.1, -0.05) is 15.9 Å². The first-order valence-corrected chi connectivity index (χ1v) is 6.70. The Kier molecular flexibility index (Phi) is 4.18. The molecule has 5 heteroatoms. The third kappa shape index (κ3) is 3.22. The summed E-state index contributed by atoms with van der Waals surface area (Å²) in [7, 11) is 0. The number of nitrogens with one attached hydrogen (secondary N) is 1. The summed E-state index contributed by atoms with van der Waals surface area (Å²) in [6, 6.07) is 6.29. The Morgan fingerprint density at radius 1 is 1.00 bits per heavy atom. The monoisotopic (exact) mass is 339 g/mol. The predicted octanol–water partition coefficient (Wildman–Crippen LogP) is 4.60. The zero-order valence-electron chi connectivity index (χ0n) is 10.9. The Hall–Kier alpha value is -1.75. The van der Waals surface area contributed by atoms with Gasteiger partial charge in [-0.15, -0.1) is 0 Å². The fourth-order valence-corrected chi connectivity index (χ4v) is 2.14. The van der Waals surface area contributed by atoms with Crippen molar-refractivity contribution in [1.29, 1.82) is 0 Å². The molecule has 2 rings (SSSR count). The van der Waals surface area contributed by atoms with Crippen LogP contribution in [0.15, 0.2) is 34.8 Å². The molecule has 104 valence electrons. The largest absolute Gasteiger partial charge is 0.322 e. The highest BCUT2D eigenvalue weighted by Gasteiger charge is 2.11. The molecule has 0 spiro atoms. The van der Waals surface area contributed by atoms with Crippen molar-refractivity contribution in [2.45, 2.75) is 13.8 Å². The van der Waals surface area contributed by atoms with Crippen LogP contribution < -0.4 is 5.32 Å². The van der Waals surface area contributed by atoms with Crippen molar-refractivity contribution in [3.05, 3.63) is 63.1 Å². The van der Waals surface area contributed by atoms with Crippen LogP contribution in [-0.2, 0) is 0 Å². The summed E-state index contributed by atoms with van der Waals surface area (Å²) < 4.78 is 27.1. The lowest BCUT2D eigenvalue weighted by molar-refractivity contribution is 0.102. The van der Waals surface area contributed by atoms with E-state index in [-0.39, 0.29) is 5.56 Å². The SMILES string of the molecule is Cc1cc(NC(=O)c2cc(F)cc(F)c2)cc(C)c1Br. The van der Waals surface area contributed by atoms with Crippen LogP contribution in [0.4, 0.5) is 14.5 Å². The van der Waals surface area contributed by atoms with Gasteiger partial charge >= 0.3 is 0 Å². The fraction of sp³-hybridized carbons (Fsp3) is 0.133. The number of anilines is 1. The molecule has 0 aromatic heterocycles. The highest BCUT2D eigenvalue weighted by Crippen LogP contribution is 2.25. The Morgan fingerprint density at radius 3 is 2.00 bits per heavy atom. The fourth-order valence-electron chi connectivity index (χ4n) is 1.91. The average molecular weight is 340 g/mol. The van der Waals surface area contributed by atoms with Crippen molar-refractivity contribution in [2.24, 2.45) is 0 Å². The zero-order valence-corrected chi connectivity index (χ0v) is 12.5. The molecular weight excluding hydrogens is 328 g/mol. The summed E-state index contributed by atoms with van der Waals surface area (Å²) in [6.45, 7) is 3.79. The maximum absolute atomic E-state index is 13.1. The molecule has 0 aliphatic carbocycles. The van der Waals surface area contributed by atoms with Crippen LogP contribution in [0.25, 0.3) is 0 Å². The van der Waals surface area contributed by atoms with Gasteiger partial charge < -0.3 is 5.32 Å². The molecule has 0 radical (unpaired) electrons. The number of benzene rings is 2. The van der Waals surface area contributed by atoms with Gasteiger partial charge in [0.25, 0.3) is 5.91 Å². The van der Waals surface area contributed by atoms with Crippen molar-refractivity contribution in [1.82, 2.24) is 0 Å². The molecule has 2 aromatic rings. The molecule has 0 bridgehead atoms. The predicted molar refractivity (Wildman–Crippen MR) is 77.9 cm³/mol. The van der Waals surface area contributed by atoms with E-state index in [1.54, 1.807) is 12.1 Å². The third-order valence-corrected chi connectivity index (χ3v) is 4.07. The van der Waals surface area contributed by atoms with Gasteiger partial charge in [0.2, 0.25) is 0 Å². The van der Waals surface area contributed by atoms with Gasteiger partial charge in [0.15, 0.2) is 0 Å². The number of aryl methyl sites for hydroxylation is 2. The van der Waals surface area contributed by atoms with Gasteiger partial charge in [-0.2, -0.15) is 0 Å². The highest BCUT2D eigenvalue weighted by atomic mass is 79.9. The molecule has 1 amide bonds. The van der Waals surface area contributed by atoms with Crippen LogP contribution in [0, 0.1) is 25.5 Å². The van der Waals surface area contributed by atoms with Gasteiger partial charge in [-0.05, 0) is 49.2 Å². The molecule has 0 fully saturated rings. The van der Waals surface area contributed by atoms with Gasteiger partial charge in [0, 0.05) is 21.8 Å². The summed E-state index contributed by atoms with van der Waals surface area (Å²) in [5.74, 6) is -2.11. The molecule has 0 saturated carbocycles. The molecule has 0 heterocycles. The first-order chi connectivity index (χ1) is 9.36. The van der Waals surface area contributed by atoms with Gasteiger partial charge in [0.1, 0.15) is 11.6 Å². The Balaban J connectivity index is 2.28. The van der Waals surface area contributed by atoms with Gasteiger partial charge in [0.05, 0.1) is 0 Å². The zero-order chi connectivity index (χ0) is 14.9. The van der Waals surface area contributed by atoms with E-state index in [1.807, 2.05) is 13.8 Å². The van der Waals surface area contributed by atoms with E-state index in [1.165, 1.54) is 0 Å². The normalized spacial score (nSPS) is 10.4. The first-order valence-electron chi connectivity index (χ1n) is 5.91. The minimum Gasteiger partial charge on any atom is -0.322 e. The second-order valence-corrected chi connectivity index (χ2v) is 5.33. The summed E-state index contributed by atoms with van der Waals surface area (Å²) in [5, 5.41) is 2.63. The van der Waals surface area contributed by atoms with E-state index in [0.29, 0.717) is 5.69 Å². The molecule has 0 saturated heterocycles. The topological polar surface area (TPSA) is 29.1 Å². The number of carbonyl (C=O) groups is 1. The molecular formula is C15H12BrF2NO. The number of hydrogen-bond donors (Lipinski definition) is 1. The number of rotatable bonds is 2. The van der Waals surface area contributed by atoms with Gasteiger partial charge in [-0.3, -0.25) is 4.79 Å². The van der Waals surface area contributed by atoms with Crippen LogP contribution in [0.3, 0.4) is 0 Å². The molecule has 1 N–H and O–H groups in total. The van der Waals surface area contributed by atoms with Crippen LogP contribution in [0.5, 0.6) is 0 Å². The smallest absolute Gasteiger partial charge is 0.255 e. The molecule has 20 heavy (non-hydrogen) atoms. The van der Waals surface area contributed by atoms with Crippen LogP contribution in [-0.4, -0.2) is 5.91 Å². The number of amides is 1. The second-order valence-electron chi connectivity index (χ2n) is 4.54. The summed E-state index contributed by atoms with van der Waals surface area (Å²) in [4.78, 5) is 12.0. The third-order valence-electron chi connectivity index (χ3n) is 2.82. The lowest BCUT2D eigenvalue weighted by atomic mass is 10.1. The van der Waals surface area contributed by atoms with E-state index in [9.17, 15) is 13.6 Å². The Bertz CT molecular complexity index is 642. The number of hydrogen-bond acceptors (Lipinski definition) is 1. The molecule has 0 atom stereocenters. The summed E-state index contributed by atoms with van der Waals surface area (Å²) in [6.07, 6.45) is 0. The van der Waals surface area contributed by atoms with Crippen molar-refractivity contribution < 1.29 is 13.6 Å². The number of halogens is 3. The summed E-state index contributed by atoms with van der Waals surface area (Å²) in [5.41, 5.74) is 2.45. The second kappa shape index (κ2) is 5.71. The molecule has 0 aliphatic heterocycles. The highest BCUT2D eigenvalue weighted by molar-refractivity contribution is 9.10. The maximum atomic E-state index is 13.1. The van der Waals surface area contributed by atoms with E-state index in [0.717, 1.165) is 33.8 Å². The Labute approximate surface area is 123 Å². The summed E-state index contributed by atoms with van der Waals surface area (Å²) >= 11 is 3.43. The minimum absolute atomic E-state index is 0.0549. The first kappa shape index (κ1) is 14.7. The van der Waals surface area contributed by atoms with E-state index in [4.69, 9.17) is 0 Å². The van der Waals surface area contributed by atoms with Crippen LogP contribution in [0.1, 0.15) is 21.5 Å². The lowest BCUT2D eigenvalue weighted by Gasteiger charge is -2.10. The quantitative estimate of drug-likeness (QED) is 0.851. The lowest BCUT2D eigenvalue weighted by Crippen LogP contribution is -2.13. The molecule has 0 aliphatic rings. The minimum atomic E-state index is -0.779. The van der Waals surface area contributed by atoms with Crippen molar-refractivity contribution >= 4 is 27.5 Å². The van der Waals surface area contributed by atoms with E-state index < -0.39 is 17.5 Å². The molecule has 0 unspecified atom stereocenters. The van der Waals surface area contributed by atoms with E-state index in [2.05, 4.69) is 21.2 Å². The van der Waals surface area contributed by atoms with E-state index >= 15 is 0 Å². The average Bonchev–Trinajstić information content (AvgIpc) is 2.34. The van der Waals surface area contributed by atoms with Crippen LogP contribution in [0.2, 0.25) is 0 Å². The van der Waals surface area contributed by atoms with Gasteiger partial charge in [-0.25, -0.2) is 8.78 Å². The van der Waals surface area contributed by atoms with Crippen molar-refractivity contribution in [3.8, 4) is 0 Å². The van der Waals surface area contributed by atoms with Crippen LogP contribution >= 0.6 is 15.9 Å². The molecule has 2 aromatic carbocycles. The van der Waals surface area contributed by atoms with Crippen molar-refractivity contribution in [3.63, 3.8) is 0 Å². The van der Waals surface area contributed by atoms with Crippen molar-refractivity contribution in [2.75, 3.05) is 5.32 Å².